The van der Waals surface area contributed by atoms with E-state index >= 15 is 0 Å². The normalized spacial score (nSPS) is 24.6. The van der Waals surface area contributed by atoms with Crippen molar-refractivity contribution in [1.82, 2.24) is 5.32 Å². The molecule has 0 saturated carbocycles. The highest BCUT2D eigenvalue weighted by Crippen LogP contribution is 2.18. The number of hydrogen-bond donors (Lipinski definition) is 1. The SMILES string of the molecule is COCCCN=C1NC(C(C)C)CS1. The van der Waals surface area contributed by atoms with Crippen molar-refractivity contribution in [3.63, 3.8) is 0 Å². The average molecular weight is 216 g/mol. The molecule has 1 heterocycles. The van der Waals surface area contributed by atoms with Gasteiger partial charge in [-0.05, 0) is 12.3 Å². The maximum atomic E-state index is 4.97. The molecule has 0 spiro atoms. The molecule has 0 aromatic carbocycles. The molecule has 4 heteroatoms. The van der Waals surface area contributed by atoms with Crippen LogP contribution in [-0.4, -0.2) is 37.2 Å². The molecular weight excluding hydrogens is 196 g/mol. The van der Waals surface area contributed by atoms with Crippen LogP contribution in [0.2, 0.25) is 0 Å². The summed E-state index contributed by atoms with van der Waals surface area (Å²) in [5.41, 5.74) is 0. The van der Waals surface area contributed by atoms with Gasteiger partial charge in [-0.3, -0.25) is 4.99 Å². The lowest BCUT2D eigenvalue weighted by Crippen LogP contribution is -2.31. The van der Waals surface area contributed by atoms with Crippen LogP contribution in [0.1, 0.15) is 20.3 Å². The molecule has 0 radical (unpaired) electrons. The van der Waals surface area contributed by atoms with E-state index in [1.807, 2.05) is 11.8 Å². The Hall–Kier alpha value is -0.220. The largest absolute Gasteiger partial charge is 0.385 e. The topological polar surface area (TPSA) is 33.6 Å². The Morgan fingerprint density at radius 3 is 3.00 bits per heavy atom. The molecule has 1 saturated heterocycles. The fraction of sp³-hybridized carbons (Fsp3) is 0.900. The lowest BCUT2D eigenvalue weighted by Gasteiger charge is -2.12. The predicted molar refractivity (Wildman–Crippen MR) is 63.0 cm³/mol. The maximum Gasteiger partial charge on any atom is 0.156 e. The molecular formula is C10H20N2OS. The van der Waals surface area contributed by atoms with Gasteiger partial charge in [-0.1, -0.05) is 25.6 Å². The second kappa shape index (κ2) is 6.30. The van der Waals surface area contributed by atoms with Crippen LogP contribution in [0.15, 0.2) is 4.99 Å². The predicted octanol–water partition coefficient (Wildman–Crippen LogP) is 1.74. The van der Waals surface area contributed by atoms with E-state index in [1.165, 1.54) is 0 Å². The van der Waals surface area contributed by atoms with Crippen LogP contribution in [0.25, 0.3) is 0 Å². The third-order valence-corrected chi connectivity index (χ3v) is 3.32. The van der Waals surface area contributed by atoms with E-state index in [0.717, 1.165) is 30.5 Å². The van der Waals surface area contributed by atoms with Crippen LogP contribution in [0.5, 0.6) is 0 Å². The van der Waals surface area contributed by atoms with Crippen molar-refractivity contribution in [3.8, 4) is 0 Å². The highest BCUT2D eigenvalue weighted by atomic mass is 32.2. The van der Waals surface area contributed by atoms with Gasteiger partial charge < -0.3 is 10.1 Å². The van der Waals surface area contributed by atoms with Gasteiger partial charge in [0.25, 0.3) is 0 Å². The summed E-state index contributed by atoms with van der Waals surface area (Å²) in [6.45, 7) is 6.15. The van der Waals surface area contributed by atoms with Gasteiger partial charge in [0.1, 0.15) is 0 Å². The molecule has 1 aliphatic heterocycles. The molecule has 0 aliphatic carbocycles. The van der Waals surface area contributed by atoms with Crippen molar-refractivity contribution in [2.75, 3.05) is 26.0 Å². The smallest absolute Gasteiger partial charge is 0.156 e. The molecule has 82 valence electrons. The van der Waals surface area contributed by atoms with Gasteiger partial charge in [0.15, 0.2) is 5.17 Å². The van der Waals surface area contributed by atoms with E-state index in [2.05, 4.69) is 24.2 Å². The van der Waals surface area contributed by atoms with Gasteiger partial charge in [0, 0.05) is 32.1 Å². The maximum absolute atomic E-state index is 4.97. The number of nitrogens with one attached hydrogen (secondary N) is 1. The number of rotatable bonds is 5. The fourth-order valence-corrected chi connectivity index (χ4v) is 2.47. The van der Waals surface area contributed by atoms with Crippen molar-refractivity contribution in [2.24, 2.45) is 10.9 Å². The molecule has 14 heavy (non-hydrogen) atoms. The van der Waals surface area contributed by atoms with Gasteiger partial charge in [0.2, 0.25) is 0 Å². The molecule has 1 rings (SSSR count). The molecule has 3 nitrogen and oxygen atoms in total. The second-order valence-corrected chi connectivity index (χ2v) is 4.85. The van der Waals surface area contributed by atoms with Gasteiger partial charge in [-0.25, -0.2) is 0 Å². The standard InChI is InChI=1S/C10H20N2OS/c1-8(2)9-7-14-10(12-9)11-5-4-6-13-3/h8-9H,4-7H2,1-3H3,(H,11,12). The molecule has 1 atom stereocenters. The Balaban J connectivity index is 2.20. The number of ether oxygens (including phenoxy) is 1. The summed E-state index contributed by atoms with van der Waals surface area (Å²) < 4.78 is 4.97. The van der Waals surface area contributed by atoms with Crippen molar-refractivity contribution in [3.05, 3.63) is 0 Å². The first-order valence-electron chi connectivity index (χ1n) is 5.16. The van der Waals surface area contributed by atoms with Crippen LogP contribution < -0.4 is 5.32 Å². The molecule has 1 aliphatic rings. The van der Waals surface area contributed by atoms with Crippen LogP contribution >= 0.6 is 11.8 Å². The third kappa shape index (κ3) is 3.88. The highest BCUT2D eigenvalue weighted by Gasteiger charge is 2.22. The van der Waals surface area contributed by atoms with Crippen LogP contribution in [0.4, 0.5) is 0 Å². The zero-order valence-corrected chi connectivity index (χ0v) is 10.1. The first-order valence-corrected chi connectivity index (χ1v) is 6.15. The first-order chi connectivity index (χ1) is 6.74. The van der Waals surface area contributed by atoms with Crippen molar-refractivity contribution in [1.29, 1.82) is 0 Å². The lowest BCUT2D eigenvalue weighted by atomic mass is 10.1. The zero-order valence-electron chi connectivity index (χ0n) is 9.25. The summed E-state index contributed by atoms with van der Waals surface area (Å²) in [5, 5.41) is 4.55. The number of methoxy groups -OCH3 is 1. The fourth-order valence-electron chi connectivity index (χ4n) is 1.25. The van der Waals surface area contributed by atoms with Crippen LogP contribution in [0.3, 0.4) is 0 Å². The van der Waals surface area contributed by atoms with Crippen molar-refractivity contribution >= 4 is 16.9 Å². The van der Waals surface area contributed by atoms with E-state index in [4.69, 9.17) is 4.74 Å². The first kappa shape index (κ1) is 11.9. The molecule has 1 N–H and O–H groups in total. The molecule has 0 aromatic heterocycles. The van der Waals surface area contributed by atoms with Gasteiger partial charge in [-0.15, -0.1) is 0 Å². The van der Waals surface area contributed by atoms with Crippen LogP contribution in [-0.2, 0) is 4.74 Å². The van der Waals surface area contributed by atoms with E-state index in [9.17, 15) is 0 Å². The van der Waals surface area contributed by atoms with E-state index in [1.54, 1.807) is 7.11 Å². The summed E-state index contributed by atoms with van der Waals surface area (Å²) >= 11 is 1.83. The number of aliphatic imine (C=N–C) groups is 1. The van der Waals surface area contributed by atoms with E-state index in [-0.39, 0.29) is 0 Å². The molecule has 0 amide bonds. The Labute approximate surface area is 90.7 Å². The number of hydrogen-bond acceptors (Lipinski definition) is 3. The Morgan fingerprint density at radius 2 is 2.43 bits per heavy atom. The molecule has 1 unspecified atom stereocenters. The number of nitrogens with zero attached hydrogens (tertiary/aromatic N) is 1. The monoisotopic (exact) mass is 216 g/mol. The summed E-state index contributed by atoms with van der Waals surface area (Å²) in [5.74, 6) is 1.84. The Morgan fingerprint density at radius 1 is 1.64 bits per heavy atom. The summed E-state index contributed by atoms with van der Waals surface area (Å²) in [4.78, 5) is 4.48. The van der Waals surface area contributed by atoms with E-state index in [0.29, 0.717) is 12.0 Å². The Bertz CT molecular complexity index is 195. The second-order valence-electron chi connectivity index (χ2n) is 3.84. The van der Waals surface area contributed by atoms with Gasteiger partial charge >= 0.3 is 0 Å². The van der Waals surface area contributed by atoms with Crippen molar-refractivity contribution < 1.29 is 4.74 Å². The Kier molecular flexibility index (Phi) is 5.33. The van der Waals surface area contributed by atoms with Crippen LogP contribution in [0, 0.1) is 5.92 Å². The van der Waals surface area contributed by atoms with Gasteiger partial charge in [-0.2, -0.15) is 0 Å². The summed E-state index contributed by atoms with van der Waals surface area (Å²) in [7, 11) is 1.73. The number of amidine groups is 1. The highest BCUT2D eigenvalue weighted by molar-refractivity contribution is 8.14. The zero-order chi connectivity index (χ0) is 10.4. The van der Waals surface area contributed by atoms with Crippen molar-refractivity contribution in [2.45, 2.75) is 26.3 Å². The summed E-state index contributed by atoms with van der Waals surface area (Å²) in [6, 6.07) is 0.598. The van der Waals surface area contributed by atoms with Gasteiger partial charge in [0.05, 0.1) is 0 Å². The third-order valence-electron chi connectivity index (χ3n) is 2.28. The molecule has 0 bridgehead atoms. The molecule has 0 aromatic rings. The van der Waals surface area contributed by atoms with E-state index < -0.39 is 0 Å². The molecule has 1 fully saturated rings. The minimum absolute atomic E-state index is 0.598. The lowest BCUT2D eigenvalue weighted by molar-refractivity contribution is 0.197. The summed E-state index contributed by atoms with van der Waals surface area (Å²) in [6.07, 6.45) is 1.01. The minimum atomic E-state index is 0.598. The number of thioether (sulfide) groups is 1. The quantitative estimate of drug-likeness (QED) is 0.711. The average Bonchev–Trinajstić information content (AvgIpc) is 2.61. The minimum Gasteiger partial charge on any atom is -0.385 e.